The van der Waals surface area contributed by atoms with Gasteiger partial charge < -0.3 is 0 Å². The Morgan fingerprint density at radius 3 is 1.88 bits per heavy atom. The third kappa shape index (κ3) is 3.21. The maximum atomic E-state index is 2.28. The molecule has 0 aromatic heterocycles. The van der Waals surface area contributed by atoms with Crippen molar-refractivity contribution < 1.29 is 0 Å². The summed E-state index contributed by atoms with van der Waals surface area (Å²) in [6.07, 6.45) is 1.11. The summed E-state index contributed by atoms with van der Waals surface area (Å²) in [6, 6.07) is 35.1. The highest BCUT2D eigenvalue weighted by Crippen LogP contribution is 2.30. The normalized spacial score (nSPS) is 12.2. The molecule has 0 N–H and O–H groups in total. The Hall–Kier alpha value is -2.86. The minimum atomic E-state index is 0.465. The molecule has 4 aromatic carbocycles. The monoisotopic (exact) mass is 322 g/mol. The molecule has 1 atom stereocenters. The van der Waals surface area contributed by atoms with Crippen molar-refractivity contribution in [2.45, 2.75) is 19.3 Å². The zero-order valence-electron chi connectivity index (χ0n) is 14.5. The molecule has 4 rings (SSSR count). The zero-order chi connectivity index (χ0) is 17.1. The molecule has 0 heterocycles. The van der Waals surface area contributed by atoms with E-state index in [-0.39, 0.29) is 0 Å². The van der Waals surface area contributed by atoms with Crippen LogP contribution < -0.4 is 0 Å². The van der Waals surface area contributed by atoms with Crippen LogP contribution >= 0.6 is 0 Å². The summed E-state index contributed by atoms with van der Waals surface area (Å²) in [5.74, 6) is 0.465. The van der Waals surface area contributed by atoms with Gasteiger partial charge in [0.1, 0.15) is 0 Å². The number of benzene rings is 4. The van der Waals surface area contributed by atoms with Gasteiger partial charge in [0.05, 0.1) is 0 Å². The molecule has 122 valence electrons. The van der Waals surface area contributed by atoms with Crippen molar-refractivity contribution in [1.29, 1.82) is 0 Å². The van der Waals surface area contributed by atoms with Crippen LogP contribution in [0.15, 0.2) is 97.1 Å². The lowest BCUT2D eigenvalue weighted by Crippen LogP contribution is -1.99. The van der Waals surface area contributed by atoms with Gasteiger partial charge in [0.15, 0.2) is 0 Å². The van der Waals surface area contributed by atoms with E-state index in [1.54, 1.807) is 0 Å². The molecule has 0 saturated heterocycles. The zero-order valence-corrected chi connectivity index (χ0v) is 14.5. The summed E-state index contributed by atoms with van der Waals surface area (Å²) in [7, 11) is 0. The molecule has 0 bridgehead atoms. The van der Waals surface area contributed by atoms with Crippen LogP contribution in [0.1, 0.15) is 30.4 Å². The maximum absolute atomic E-state index is 2.28. The molecule has 0 nitrogen and oxygen atoms in total. The van der Waals surface area contributed by atoms with Crippen LogP contribution in [0.4, 0.5) is 0 Å². The highest BCUT2D eigenvalue weighted by Gasteiger charge is 2.11. The fraction of sp³-hybridized carbons (Fsp3) is 0.120. The summed E-state index contributed by atoms with van der Waals surface area (Å²) in [6.45, 7) is 2.26. The van der Waals surface area contributed by atoms with Crippen LogP contribution in [0.2, 0.25) is 0 Å². The fourth-order valence-electron chi connectivity index (χ4n) is 3.63. The van der Waals surface area contributed by atoms with Crippen molar-refractivity contribution in [2.24, 2.45) is 0 Å². The first-order chi connectivity index (χ1) is 12.3. The second kappa shape index (κ2) is 6.94. The van der Waals surface area contributed by atoms with Crippen LogP contribution in [-0.2, 0) is 0 Å². The molecule has 0 fully saturated rings. The highest BCUT2D eigenvalue weighted by atomic mass is 14.2. The van der Waals surface area contributed by atoms with Gasteiger partial charge in [-0.1, -0.05) is 97.9 Å². The molecular formula is C25H22. The first kappa shape index (κ1) is 15.7. The molecule has 1 unspecified atom stereocenters. The van der Waals surface area contributed by atoms with E-state index in [4.69, 9.17) is 0 Å². The van der Waals surface area contributed by atoms with Gasteiger partial charge in [-0.3, -0.25) is 0 Å². The lowest BCUT2D eigenvalue weighted by molar-refractivity contribution is 0.777. The smallest absolute Gasteiger partial charge is 0.00867 e. The summed E-state index contributed by atoms with van der Waals surface area (Å²) >= 11 is 0. The Kier molecular flexibility index (Phi) is 4.35. The second-order valence-electron chi connectivity index (χ2n) is 6.56. The Morgan fingerprint density at radius 1 is 0.560 bits per heavy atom. The van der Waals surface area contributed by atoms with Crippen LogP contribution in [0.3, 0.4) is 0 Å². The van der Waals surface area contributed by atoms with Gasteiger partial charge in [-0.2, -0.15) is 0 Å². The molecule has 25 heavy (non-hydrogen) atoms. The van der Waals surface area contributed by atoms with Crippen molar-refractivity contribution in [3.63, 3.8) is 0 Å². The molecule has 0 aliphatic carbocycles. The van der Waals surface area contributed by atoms with E-state index in [0.717, 1.165) is 6.42 Å². The third-order valence-electron chi connectivity index (χ3n) is 5.01. The summed E-state index contributed by atoms with van der Waals surface area (Å²) in [4.78, 5) is 0. The van der Waals surface area contributed by atoms with E-state index in [9.17, 15) is 0 Å². The minimum Gasteiger partial charge on any atom is -0.0645 e. The molecule has 0 radical (unpaired) electrons. The van der Waals surface area contributed by atoms with Gasteiger partial charge in [0, 0.05) is 5.92 Å². The lowest BCUT2D eigenvalue weighted by Gasteiger charge is -2.16. The molecule has 0 spiro atoms. The molecule has 0 aliphatic heterocycles. The Morgan fingerprint density at radius 2 is 1.16 bits per heavy atom. The van der Waals surface area contributed by atoms with Crippen LogP contribution in [0.5, 0.6) is 0 Å². The lowest BCUT2D eigenvalue weighted by atomic mass is 9.88. The largest absolute Gasteiger partial charge is 0.0645 e. The Labute approximate surface area is 149 Å². The standard InChI is InChI=1S/C25H22/c1-2-25(21-9-4-3-5-10-21)22-15-12-20(13-16-22)24-17-14-19-8-6-7-11-23(19)18-24/h3-18,25H,2H2,1H3. The van der Waals surface area contributed by atoms with Crippen molar-refractivity contribution in [3.8, 4) is 11.1 Å². The fourth-order valence-corrected chi connectivity index (χ4v) is 3.63. The number of hydrogen-bond acceptors (Lipinski definition) is 0. The predicted molar refractivity (Wildman–Crippen MR) is 108 cm³/mol. The molecular weight excluding hydrogens is 300 g/mol. The number of hydrogen-bond donors (Lipinski definition) is 0. The maximum Gasteiger partial charge on any atom is 0.00867 e. The van der Waals surface area contributed by atoms with Crippen LogP contribution in [0.25, 0.3) is 21.9 Å². The highest BCUT2D eigenvalue weighted by molar-refractivity contribution is 5.87. The average molecular weight is 322 g/mol. The van der Waals surface area contributed by atoms with Gasteiger partial charge in [0.2, 0.25) is 0 Å². The van der Waals surface area contributed by atoms with Crippen molar-refractivity contribution in [1.82, 2.24) is 0 Å². The average Bonchev–Trinajstić information content (AvgIpc) is 2.70. The molecule has 4 aromatic rings. The minimum absolute atomic E-state index is 0.465. The molecule has 0 aliphatic rings. The van der Waals surface area contributed by atoms with E-state index >= 15 is 0 Å². The molecule has 0 saturated carbocycles. The summed E-state index contributed by atoms with van der Waals surface area (Å²) < 4.78 is 0. The second-order valence-corrected chi connectivity index (χ2v) is 6.56. The van der Waals surface area contributed by atoms with Crippen LogP contribution in [-0.4, -0.2) is 0 Å². The van der Waals surface area contributed by atoms with E-state index in [1.807, 2.05) is 0 Å². The molecule has 0 heteroatoms. The van der Waals surface area contributed by atoms with E-state index < -0.39 is 0 Å². The van der Waals surface area contributed by atoms with E-state index in [0.29, 0.717) is 5.92 Å². The number of rotatable bonds is 4. The first-order valence-corrected chi connectivity index (χ1v) is 8.99. The molecule has 0 amide bonds. The van der Waals surface area contributed by atoms with Gasteiger partial charge in [-0.15, -0.1) is 0 Å². The predicted octanol–water partition coefficient (Wildman–Crippen LogP) is 7.05. The van der Waals surface area contributed by atoms with Crippen molar-refractivity contribution in [3.05, 3.63) is 108 Å². The van der Waals surface area contributed by atoms with Crippen molar-refractivity contribution >= 4 is 10.8 Å². The van der Waals surface area contributed by atoms with Gasteiger partial charge in [-0.05, 0) is 45.5 Å². The van der Waals surface area contributed by atoms with Gasteiger partial charge in [0.25, 0.3) is 0 Å². The van der Waals surface area contributed by atoms with Gasteiger partial charge >= 0.3 is 0 Å². The first-order valence-electron chi connectivity index (χ1n) is 8.99. The summed E-state index contributed by atoms with van der Waals surface area (Å²) in [5.41, 5.74) is 5.33. The van der Waals surface area contributed by atoms with E-state index in [1.165, 1.54) is 33.0 Å². The number of fused-ring (bicyclic) bond motifs is 1. The van der Waals surface area contributed by atoms with Gasteiger partial charge in [-0.25, -0.2) is 0 Å². The third-order valence-corrected chi connectivity index (χ3v) is 5.01. The quantitative estimate of drug-likeness (QED) is 0.377. The topological polar surface area (TPSA) is 0 Å². The summed E-state index contributed by atoms with van der Waals surface area (Å²) in [5, 5.41) is 2.58. The van der Waals surface area contributed by atoms with Crippen molar-refractivity contribution in [2.75, 3.05) is 0 Å². The Balaban J connectivity index is 1.66. The SMILES string of the molecule is CCC(c1ccccc1)c1ccc(-c2ccc3ccccc3c2)cc1. The van der Waals surface area contributed by atoms with E-state index in [2.05, 4.69) is 104 Å². The Bertz CT molecular complexity index is 965. The van der Waals surface area contributed by atoms with Crippen LogP contribution in [0, 0.1) is 0 Å².